The van der Waals surface area contributed by atoms with E-state index < -0.39 is 0 Å². The molecule has 28 heavy (non-hydrogen) atoms. The molecule has 0 saturated carbocycles. The molecular weight excluding hydrogens is 473 g/mol. The first kappa shape index (κ1) is 19.3. The Morgan fingerprint density at radius 2 is 1.54 bits per heavy atom. The SMILES string of the molecule is Ic1cccc(C=NNc2nc(N3CCOCC3)nc(N3CCOCC3)n2)c1. The van der Waals surface area contributed by atoms with Crippen molar-refractivity contribution in [2.24, 2.45) is 5.10 Å². The number of hydrogen-bond acceptors (Lipinski definition) is 9. The molecule has 2 aliphatic heterocycles. The molecule has 2 fully saturated rings. The lowest BCUT2D eigenvalue weighted by atomic mass is 10.2. The Morgan fingerprint density at radius 1 is 0.929 bits per heavy atom. The lowest BCUT2D eigenvalue weighted by molar-refractivity contribution is 0.121. The average Bonchev–Trinajstić information content (AvgIpc) is 2.75. The molecule has 0 amide bonds. The number of hydrazone groups is 1. The average molecular weight is 495 g/mol. The Morgan fingerprint density at radius 3 is 2.11 bits per heavy atom. The number of ether oxygens (including phenoxy) is 2. The van der Waals surface area contributed by atoms with Gasteiger partial charge in [0.1, 0.15) is 0 Å². The maximum absolute atomic E-state index is 5.44. The van der Waals surface area contributed by atoms with E-state index in [0.717, 1.165) is 35.3 Å². The molecule has 9 nitrogen and oxygen atoms in total. The smallest absolute Gasteiger partial charge is 0.250 e. The predicted molar refractivity (Wildman–Crippen MR) is 116 cm³/mol. The molecule has 2 aromatic rings. The molecule has 0 bridgehead atoms. The summed E-state index contributed by atoms with van der Waals surface area (Å²) in [4.78, 5) is 18.0. The number of hydrogen-bond donors (Lipinski definition) is 1. The van der Waals surface area contributed by atoms with Gasteiger partial charge in [0.15, 0.2) is 0 Å². The van der Waals surface area contributed by atoms with Gasteiger partial charge in [-0.15, -0.1) is 0 Å². The molecule has 0 atom stereocenters. The van der Waals surface area contributed by atoms with Crippen molar-refractivity contribution in [2.45, 2.75) is 0 Å². The van der Waals surface area contributed by atoms with Crippen molar-refractivity contribution in [3.05, 3.63) is 33.4 Å². The van der Waals surface area contributed by atoms with Crippen LogP contribution in [0.1, 0.15) is 5.56 Å². The third-order valence-electron chi connectivity index (χ3n) is 4.43. The van der Waals surface area contributed by atoms with Crippen LogP contribution in [-0.4, -0.2) is 73.8 Å². The molecule has 2 aliphatic rings. The topological polar surface area (TPSA) is 88.0 Å². The highest BCUT2D eigenvalue weighted by atomic mass is 127. The van der Waals surface area contributed by atoms with E-state index in [1.54, 1.807) is 6.21 Å². The maximum atomic E-state index is 5.44. The van der Waals surface area contributed by atoms with Crippen LogP contribution in [0.4, 0.5) is 17.8 Å². The van der Waals surface area contributed by atoms with Crippen molar-refractivity contribution >= 4 is 46.7 Å². The van der Waals surface area contributed by atoms with E-state index in [1.165, 1.54) is 0 Å². The first-order valence-corrected chi connectivity index (χ1v) is 10.3. The summed E-state index contributed by atoms with van der Waals surface area (Å²) in [7, 11) is 0. The number of morpholine rings is 2. The van der Waals surface area contributed by atoms with Gasteiger partial charge < -0.3 is 19.3 Å². The minimum Gasteiger partial charge on any atom is -0.378 e. The van der Waals surface area contributed by atoms with Gasteiger partial charge in [-0.25, -0.2) is 5.43 Å². The Bertz CT molecular complexity index is 787. The number of benzene rings is 1. The quantitative estimate of drug-likeness (QED) is 0.381. The highest BCUT2D eigenvalue weighted by Gasteiger charge is 2.20. The van der Waals surface area contributed by atoms with Gasteiger partial charge in [-0.2, -0.15) is 20.1 Å². The van der Waals surface area contributed by atoms with Gasteiger partial charge in [0.2, 0.25) is 17.8 Å². The summed E-state index contributed by atoms with van der Waals surface area (Å²) in [6.07, 6.45) is 1.76. The van der Waals surface area contributed by atoms with Gasteiger partial charge in [-0.3, -0.25) is 0 Å². The van der Waals surface area contributed by atoms with Crippen molar-refractivity contribution in [2.75, 3.05) is 67.8 Å². The second-order valence-corrected chi connectivity index (χ2v) is 7.63. The fraction of sp³-hybridized carbons (Fsp3) is 0.444. The molecule has 1 aromatic carbocycles. The Hall–Kier alpha value is -2.05. The summed E-state index contributed by atoms with van der Waals surface area (Å²) >= 11 is 2.28. The molecule has 4 rings (SSSR count). The summed E-state index contributed by atoms with van der Waals surface area (Å²) in [5.41, 5.74) is 3.97. The zero-order valence-corrected chi connectivity index (χ0v) is 17.6. The van der Waals surface area contributed by atoms with Crippen LogP contribution in [0.2, 0.25) is 0 Å². The molecule has 1 N–H and O–H groups in total. The van der Waals surface area contributed by atoms with E-state index in [1.807, 2.05) is 18.2 Å². The molecule has 0 spiro atoms. The fourth-order valence-corrected chi connectivity index (χ4v) is 3.53. The first-order valence-electron chi connectivity index (χ1n) is 9.24. The number of halogens is 1. The number of rotatable bonds is 5. The highest BCUT2D eigenvalue weighted by Crippen LogP contribution is 2.18. The lowest BCUT2D eigenvalue weighted by Crippen LogP contribution is -2.40. The Labute approximate surface area is 177 Å². The molecule has 10 heteroatoms. The number of anilines is 3. The Kier molecular flexibility index (Phi) is 6.49. The van der Waals surface area contributed by atoms with Crippen LogP contribution >= 0.6 is 22.6 Å². The normalized spacial score (nSPS) is 17.9. The van der Waals surface area contributed by atoms with Crippen LogP contribution in [0.25, 0.3) is 0 Å². The van der Waals surface area contributed by atoms with Crippen molar-refractivity contribution in [3.8, 4) is 0 Å². The second kappa shape index (κ2) is 9.43. The van der Waals surface area contributed by atoms with Crippen molar-refractivity contribution in [1.29, 1.82) is 0 Å². The van der Waals surface area contributed by atoms with Gasteiger partial charge in [-0.05, 0) is 40.3 Å². The molecule has 0 aliphatic carbocycles. The zero-order chi connectivity index (χ0) is 19.2. The standard InChI is InChI=1S/C18H22IN7O2/c19-15-3-1-2-14(12-15)13-20-24-16-21-17(25-4-8-27-9-5-25)23-18(22-16)26-6-10-28-11-7-26/h1-3,12-13H,4-11H2,(H,21,22,23,24). The molecule has 0 unspecified atom stereocenters. The molecule has 3 heterocycles. The third kappa shape index (κ3) is 5.06. The van der Waals surface area contributed by atoms with Crippen LogP contribution in [-0.2, 0) is 9.47 Å². The van der Waals surface area contributed by atoms with Crippen LogP contribution in [0, 0.1) is 3.57 Å². The van der Waals surface area contributed by atoms with Crippen molar-refractivity contribution in [3.63, 3.8) is 0 Å². The van der Waals surface area contributed by atoms with Gasteiger partial charge >= 0.3 is 0 Å². The van der Waals surface area contributed by atoms with E-state index in [2.05, 4.69) is 63.9 Å². The van der Waals surface area contributed by atoms with E-state index in [9.17, 15) is 0 Å². The van der Waals surface area contributed by atoms with E-state index in [-0.39, 0.29) is 0 Å². The molecule has 0 radical (unpaired) electrons. The van der Waals surface area contributed by atoms with Crippen molar-refractivity contribution < 1.29 is 9.47 Å². The summed E-state index contributed by atoms with van der Waals surface area (Å²) in [6, 6.07) is 8.09. The summed E-state index contributed by atoms with van der Waals surface area (Å²) in [6.45, 7) is 5.74. The van der Waals surface area contributed by atoms with Crippen LogP contribution in [0.15, 0.2) is 29.4 Å². The van der Waals surface area contributed by atoms with Crippen molar-refractivity contribution in [1.82, 2.24) is 15.0 Å². The van der Waals surface area contributed by atoms with Crippen LogP contribution in [0.3, 0.4) is 0 Å². The molecule has 148 valence electrons. The number of nitrogens with zero attached hydrogens (tertiary/aromatic N) is 6. The van der Waals surface area contributed by atoms with E-state index in [0.29, 0.717) is 44.3 Å². The minimum absolute atomic E-state index is 0.430. The summed E-state index contributed by atoms with van der Waals surface area (Å²) in [5.74, 6) is 1.72. The number of nitrogens with one attached hydrogen (secondary N) is 1. The van der Waals surface area contributed by atoms with Gasteiger partial charge in [0.25, 0.3) is 0 Å². The summed E-state index contributed by atoms with van der Waals surface area (Å²) < 4.78 is 12.0. The maximum Gasteiger partial charge on any atom is 0.250 e. The van der Waals surface area contributed by atoms with Gasteiger partial charge in [0.05, 0.1) is 32.6 Å². The molecular formula is C18H22IN7O2. The number of aromatic nitrogens is 3. The monoisotopic (exact) mass is 495 g/mol. The van der Waals surface area contributed by atoms with Crippen LogP contribution < -0.4 is 15.2 Å². The largest absolute Gasteiger partial charge is 0.378 e. The van der Waals surface area contributed by atoms with E-state index >= 15 is 0 Å². The highest BCUT2D eigenvalue weighted by molar-refractivity contribution is 14.1. The minimum atomic E-state index is 0.430. The Balaban J connectivity index is 1.55. The fourth-order valence-electron chi connectivity index (χ4n) is 2.96. The van der Waals surface area contributed by atoms with Gasteiger partial charge in [-0.1, -0.05) is 12.1 Å². The molecule has 2 saturated heterocycles. The predicted octanol–water partition coefficient (Wildman–Crippen LogP) is 1.60. The zero-order valence-electron chi connectivity index (χ0n) is 15.4. The van der Waals surface area contributed by atoms with Crippen LogP contribution in [0.5, 0.6) is 0 Å². The third-order valence-corrected chi connectivity index (χ3v) is 5.10. The molecule has 1 aromatic heterocycles. The second-order valence-electron chi connectivity index (χ2n) is 6.38. The van der Waals surface area contributed by atoms with Gasteiger partial charge in [0, 0.05) is 29.7 Å². The van der Waals surface area contributed by atoms with E-state index in [4.69, 9.17) is 9.47 Å². The lowest BCUT2D eigenvalue weighted by Gasteiger charge is -2.30. The summed E-state index contributed by atoms with van der Waals surface area (Å²) in [5, 5.41) is 4.31. The first-order chi connectivity index (χ1) is 13.8.